The first-order valence-electron chi connectivity index (χ1n) is 3.58. The van der Waals surface area contributed by atoms with Crippen LogP contribution in [0, 0.1) is 6.92 Å². The van der Waals surface area contributed by atoms with Crippen molar-refractivity contribution in [2.24, 2.45) is 0 Å². The Balaban J connectivity index is 2.19. The van der Waals surface area contributed by atoms with Crippen LogP contribution in [0.2, 0.25) is 0 Å². The monoisotopic (exact) mass is 259 g/mol. The summed E-state index contributed by atoms with van der Waals surface area (Å²) >= 11 is 4.89. The number of nitrogens with zero attached hydrogens (tertiary/aromatic N) is 5. The van der Waals surface area contributed by atoms with Crippen LogP contribution in [0.5, 0.6) is 0 Å². The summed E-state index contributed by atoms with van der Waals surface area (Å²) in [6.45, 7) is 2.55. The topological polar surface area (TPSA) is 56.5 Å². The van der Waals surface area contributed by atoms with Crippen LogP contribution in [-0.2, 0) is 6.54 Å². The molecule has 0 amide bonds. The summed E-state index contributed by atoms with van der Waals surface area (Å²) in [6, 6.07) is 0. The molecule has 0 spiro atoms. The average Bonchev–Trinajstić information content (AvgIpc) is 2.64. The van der Waals surface area contributed by atoms with Gasteiger partial charge in [-0.2, -0.15) is 0 Å². The van der Waals surface area contributed by atoms with Crippen LogP contribution in [0.4, 0.5) is 0 Å². The molecule has 0 fully saturated rings. The highest BCUT2D eigenvalue weighted by Gasteiger charge is 2.03. The molecule has 13 heavy (non-hydrogen) atoms. The van der Waals surface area contributed by atoms with E-state index in [1.165, 1.54) is 0 Å². The van der Waals surface area contributed by atoms with Crippen LogP contribution >= 0.6 is 27.3 Å². The molecule has 0 radical (unpaired) electrons. The molecular weight excluding hydrogens is 254 g/mol. The van der Waals surface area contributed by atoms with Gasteiger partial charge in [-0.05, 0) is 33.3 Å². The van der Waals surface area contributed by atoms with Crippen molar-refractivity contribution >= 4 is 27.3 Å². The molecule has 2 heterocycles. The van der Waals surface area contributed by atoms with Crippen LogP contribution < -0.4 is 0 Å². The summed E-state index contributed by atoms with van der Waals surface area (Å²) in [5, 5.41) is 11.2. The summed E-state index contributed by atoms with van der Waals surface area (Å²) in [6.07, 6.45) is 1.82. The van der Waals surface area contributed by atoms with Gasteiger partial charge in [0.2, 0.25) is 0 Å². The molecule has 2 aromatic heterocycles. The third kappa shape index (κ3) is 1.92. The summed E-state index contributed by atoms with van der Waals surface area (Å²) in [4.78, 5) is 5.21. The Hall–Kier alpha value is -0.820. The second kappa shape index (κ2) is 3.51. The van der Waals surface area contributed by atoms with Gasteiger partial charge in [-0.1, -0.05) is 0 Å². The molecule has 0 bridgehead atoms. The molecule has 5 nitrogen and oxygen atoms in total. The Kier molecular flexibility index (Phi) is 2.36. The fraction of sp³-hybridized carbons (Fsp3) is 0.333. The van der Waals surface area contributed by atoms with Crippen molar-refractivity contribution in [3.05, 3.63) is 20.8 Å². The number of rotatable bonds is 2. The van der Waals surface area contributed by atoms with Crippen molar-refractivity contribution in [1.82, 2.24) is 25.2 Å². The maximum absolute atomic E-state index is 4.08. The van der Waals surface area contributed by atoms with Gasteiger partial charge in [-0.3, -0.25) is 0 Å². The summed E-state index contributed by atoms with van der Waals surface area (Å²) in [7, 11) is 0. The van der Waals surface area contributed by atoms with Gasteiger partial charge in [0.15, 0.2) is 3.92 Å². The maximum atomic E-state index is 4.08. The molecule has 0 N–H and O–H groups in total. The van der Waals surface area contributed by atoms with E-state index in [2.05, 4.69) is 36.4 Å². The zero-order valence-electron chi connectivity index (χ0n) is 6.81. The first-order chi connectivity index (χ1) is 6.25. The maximum Gasteiger partial charge on any atom is 0.159 e. The smallest absolute Gasteiger partial charge is 0.159 e. The molecule has 2 aromatic rings. The van der Waals surface area contributed by atoms with Gasteiger partial charge in [0, 0.05) is 11.1 Å². The average molecular weight is 260 g/mol. The minimum absolute atomic E-state index is 0.683. The van der Waals surface area contributed by atoms with E-state index in [1.807, 2.05) is 13.1 Å². The predicted molar refractivity (Wildman–Crippen MR) is 51.5 cm³/mol. The number of aryl methyl sites for hydroxylation is 1. The lowest BCUT2D eigenvalue weighted by Gasteiger charge is -1.96. The minimum Gasteiger partial charge on any atom is -0.237 e. The molecule has 0 aliphatic heterocycles. The van der Waals surface area contributed by atoms with Gasteiger partial charge in [-0.25, -0.2) is 9.67 Å². The van der Waals surface area contributed by atoms with E-state index in [4.69, 9.17) is 0 Å². The zero-order chi connectivity index (χ0) is 9.26. The molecule has 0 saturated heterocycles. The molecule has 0 aliphatic carbocycles. The highest BCUT2D eigenvalue weighted by Crippen LogP contribution is 2.18. The van der Waals surface area contributed by atoms with E-state index < -0.39 is 0 Å². The van der Waals surface area contributed by atoms with Crippen LogP contribution in [0.1, 0.15) is 10.7 Å². The molecule has 2 rings (SSSR count). The van der Waals surface area contributed by atoms with Gasteiger partial charge in [0.1, 0.15) is 5.82 Å². The zero-order valence-corrected chi connectivity index (χ0v) is 9.21. The second-order valence-corrected chi connectivity index (χ2v) is 4.85. The standard InChI is InChI=1S/C6H6BrN5S/c1-4-9-10-11-12(4)3-5-2-8-6(7)13-5/h2H,3H2,1H3. The Morgan fingerprint density at radius 2 is 2.46 bits per heavy atom. The molecule has 0 saturated carbocycles. The normalized spacial score (nSPS) is 10.6. The SMILES string of the molecule is Cc1nnnn1Cc1cnc(Br)s1. The third-order valence-corrected chi connectivity index (χ3v) is 3.00. The number of aromatic nitrogens is 5. The molecule has 0 aliphatic rings. The Labute approximate surface area is 86.9 Å². The molecule has 0 aromatic carbocycles. The molecule has 7 heteroatoms. The van der Waals surface area contributed by atoms with Crippen LogP contribution in [0.3, 0.4) is 0 Å². The van der Waals surface area contributed by atoms with E-state index in [0.717, 1.165) is 14.6 Å². The first kappa shape index (κ1) is 8.76. The number of hydrogen-bond donors (Lipinski definition) is 0. The number of tetrazole rings is 1. The Morgan fingerprint density at radius 3 is 3.00 bits per heavy atom. The Bertz CT molecular complexity index is 409. The summed E-state index contributed by atoms with van der Waals surface area (Å²) in [5.41, 5.74) is 0. The fourth-order valence-corrected chi connectivity index (χ4v) is 2.24. The third-order valence-electron chi connectivity index (χ3n) is 1.54. The van der Waals surface area contributed by atoms with Gasteiger partial charge in [-0.15, -0.1) is 16.4 Å². The lowest BCUT2D eigenvalue weighted by Crippen LogP contribution is -2.02. The van der Waals surface area contributed by atoms with Gasteiger partial charge >= 0.3 is 0 Å². The highest BCUT2D eigenvalue weighted by molar-refractivity contribution is 9.11. The quantitative estimate of drug-likeness (QED) is 0.815. The van der Waals surface area contributed by atoms with Gasteiger partial charge in [0.05, 0.1) is 6.54 Å². The van der Waals surface area contributed by atoms with Crippen molar-refractivity contribution in [2.45, 2.75) is 13.5 Å². The van der Waals surface area contributed by atoms with Gasteiger partial charge in [0.25, 0.3) is 0 Å². The van der Waals surface area contributed by atoms with Crippen molar-refractivity contribution < 1.29 is 0 Å². The largest absolute Gasteiger partial charge is 0.237 e. The molecule has 0 atom stereocenters. The van der Waals surface area contributed by atoms with Crippen molar-refractivity contribution in [3.8, 4) is 0 Å². The number of halogens is 1. The van der Waals surface area contributed by atoms with E-state index in [9.17, 15) is 0 Å². The van der Waals surface area contributed by atoms with E-state index in [1.54, 1.807) is 16.0 Å². The van der Waals surface area contributed by atoms with Crippen molar-refractivity contribution in [2.75, 3.05) is 0 Å². The number of thiazole rings is 1. The van der Waals surface area contributed by atoms with E-state index in [0.29, 0.717) is 6.54 Å². The summed E-state index contributed by atoms with van der Waals surface area (Å²) in [5.74, 6) is 0.810. The second-order valence-electron chi connectivity index (χ2n) is 2.46. The van der Waals surface area contributed by atoms with Crippen LogP contribution in [0.25, 0.3) is 0 Å². The van der Waals surface area contributed by atoms with Crippen LogP contribution in [0.15, 0.2) is 10.1 Å². The predicted octanol–water partition coefficient (Wildman–Crippen LogP) is 1.25. The van der Waals surface area contributed by atoms with Crippen molar-refractivity contribution in [1.29, 1.82) is 0 Å². The first-order valence-corrected chi connectivity index (χ1v) is 5.19. The Morgan fingerprint density at radius 1 is 1.62 bits per heavy atom. The highest BCUT2D eigenvalue weighted by atomic mass is 79.9. The fourth-order valence-electron chi connectivity index (χ4n) is 0.900. The van der Waals surface area contributed by atoms with E-state index in [-0.39, 0.29) is 0 Å². The minimum atomic E-state index is 0.683. The van der Waals surface area contributed by atoms with Crippen molar-refractivity contribution in [3.63, 3.8) is 0 Å². The molecule has 0 unspecified atom stereocenters. The van der Waals surface area contributed by atoms with Gasteiger partial charge < -0.3 is 0 Å². The van der Waals surface area contributed by atoms with E-state index >= 15 is 0 Å². The number of hydrogen-bond acceptors (Lipinski definition) is 5. The summed E-state index contributed by atoms with van der Waals surface area (Å²) < 4.78 is 2.62. The molecule has 68 valence electrons. The lowest BCUT2D eigenvalue weighted by atomic mass is 10.5. The molecular formula is C6H6BrN5S. The van der Waals surface area contributed by atoms with Crippen LogP contribution in [-0.4, -0.2) is 25.2 Å². The lowest BCUT2D eigenvalue weighted by molar-refractivity contribution is 0.638.